The number of piperidine rings is 1. The van der Waals surface area contributed by atoms with Crippen LogP contribution in [0.4, 0.5) is 0 Å². The van der Waals surface area contributed by atoms with Gasteiger partial charge >= 0.3 is 0 Å². The van der Waals surface area contributed by atoms with Gasteiger partial charge in [-0.05, 0) is 25.2 Å². The third-order valence-corrected chi connectivity index (χ3v) is 4.78. The molecule has 0 bridgehead atoms. The average Bonchev–Trinajstić information content (AvgIpc) is 3.10. The Hall–Kier alpha value is -1.98. The van der Waals surface area contributed by atoms with E-state index in [1.165, 1.54) is 0 Å². The minimum atomic E-state index is 0.266. The zero-order chi connectivity index (χ0) is 14.4. The summed E-state index contributed by atoms with van der Waals surface area (Å²) in [6.07, 6.45) is 6.51. The molecule has 1 saturated heterocycles. The Morgan fingerprint density at radius 3 is 3.00 bits per heavy atom. The van der Waals surface area contributed by atoms with Crippen molar-refractivity contribution < 1.29 is 4.79 Å². The van der Waals surface area contributed by atoms with Gasteiger partial charge in [-0.3, -0.25) is 9.89 Å². The van der Waals surface area contributed by atoms with Gasteiger partial charge in [0.15, 0.2) is 5.65 Å². The van der Waals surface area contributed by atoms with Crippen molar-refractivity contribution in [3.8, 4) is 0 Å². The molecule has 6 heteroatoms. The third-order valence-electron chi connectivity index (χ3n) is 4.78. The van der Waals surface area contributed by atoms with Crippen LogP contribution in [-0.4, -0.2) is 44.1 Å². The van der Waals surface area contributed by atoms with Crippen molar-refractivity contribution in [3.63, 3.8) is 0 Å². The first kappa shape index (κ1) is 12.7. The molecule has 6 nitrogen and oxygen atoms in total. The Morgan fingerprint density at radius 2 is 2.19 bits per heavy atom. The van der Waals surface area contributed by atoms with Gasteiger partial charge in [0, 0.05) is 37.3 Å². The van der Waals surface area contributed by atoms with E-state index in [4.69, 9.17) is 0 Å². The molecule has 1 amide bonds. The number of amides is 1. The van der Waals surface area contributed by atoms with Crippen molar-refractivity contribution in [1.82, 2.24) is 25.1 Å². The van der Waals surface area contributed by atoms with Crippen LogP contribution in [0.3, 0.4) is 0 Å². The normalized spacial score (nSPS) is 28.8. The summed E-state index contributed by atoms with van der Waals surface area (Å²) in [4.78, 5) is 23.1. The van der Waals surface area contributed by atoms with Crippen LogP contribution in [0.5, 0.6) is 0 Å². The highest BCUT2D eigenvalue weighted by Crippen LogP contribution is 2.40. The Labute approximate surface area is 123 Å². The lowest BCUT2D eigenvalue weighted by molar-refractivity contribution is -0.134. The molecule has 0 unspecified atom stereocenters. The number of hydrogen-bond donors (Lipinski definition) is 1. The van der Waals surface area contributed by atoms with Gasteiger partial charge < -0.3 is 4.90 Å². The standard InChI is InChI=1S/C15H19N5O/c1-9-7-11(9)15(21)20-6-2-3-10(8-20)12-13-14(19-18-12)17-5-4-16-13/h4-5,9-11H,2-3,6-8H2,1H3,(H,17,18,19)/t9-,10-,11-/m1/s1. The minimum absolute atomic E-state index is 0.266. The quantitative estimate of drug-likeness (QED) is 0.911. The fourth-order valence-electron chi connectivity index (χ4n) is 3.37. The molecule has 2 aromatic heterocycles. The fourth-order valence-corrected chi connectivity index (χ4v) is 3.37. The summed E-state index contributed by atoms with van der Waals surface area (Å²) in [6, 6.07) is 0. The summed E-state index contributed by atoms with van der Waals surface area (Å²) in [5.74, 6) is 1.46. The number of carbonyl (C=O) groups is 1. The number of hydrogen-bond acceptors (Lipinski definition) is 4. The summed E-state index contributed by atoms with van der Waals surface area (Å²) in [7, 11) is 0. The molecule has 0 radical (unpaired) electrons. The average molecular weight is 285 g/mol. The molecule has 3 heterocycles. The highest BCUT2D eigenvalue weighted by atomic mass is 16.2. The summed E-state index contributed by atoms with van der Waals surface area (Å²) >= 11 is 0. The Balaban J connectivity index is 1.56. The first-order valence-corrected chi connectivity index (χ1v) is 7.68. The zero-order valence-corrected chi connectivity index (χ0v) is 12.1. The van der Waals surface area contributed by atoms with Crippen LogP contribution in [0.25, 0.3) is 11.2 Å². The van der Waals surface area contributed by atoms with E-state index >= 15 is 0 Å². The second-order valence-corrected chi connectivity index (χ2v) is 6.31. The zero-order valence-electron chi connectivity index (χ0n) is 12.1. The van der Waals surface area contributed by atoms with E-state index in [1.54, 1.807) is 12.4 Å². The van der Waals surface area contributed by atoms with Crippen LogP contribution in [0.1, 0.15) is 37.8 Å². The second kappa shape index (κ2) is 4.79. The van der Waals surface area contributed by atoms with Gasteiger partial charge in [-0.2, -0.15) is 5.10 Å². The summed E-state index contributed by atoms with van der Waals surface area (Å²) in [6.45, 7) is 3.81. The van der Waals surface area contributed by atoms with E-state index in [9.17, 15) is 4.79 Å². The molecular formula is C15H19N5O. The van der Waals surface area contributed by atoms with Crippen molar-refractivity contribution in [3.05, 3.63) is 18.1 Å². The van der Waals surface area contributed by atoms with Crippen LogP contribution in [0, 0.1) is 11.8 Å². The topological polar surface area (TPSA) is 74.8 Å². The first-order valence-electron chi connectivity index (χ1n) is 7.68. The number of carbonyl (C=O) groups excluding carboxylic acids is 1. The maximum atomic E-state index is 12.4. The Morgan fingerprint density at radius 1 is 1.38 bits per heavy atom. The lowest BCUT2D eigenvalue weighted by Crippen LogP contribution is -2.40. The van der Waals surface area contributed by atoms with E-state index in [-0.39, 0.29) is 5.92 Å². The van der Waals surface area contributed by atoms with Crippen molar-refractivity contribution >= 4 is 17.1 Å². The van der Waals surface area contributed by atoms with E-state index in [0.717, 1.165) is 43.6 Å². The van der Waals surface area contributed by atoms with Gasteiger partial charge in [0.05, 0.1) is 5.69 Å². The van der Waals surface area contributed by atoms with Crippen LogP contribution in [0.2, 0.25) is 0 Å². The van der Waals surface area contributed by atoms with Crippen LogP contribution in [-0.2, 0) is 4.79 Å². The maximum Gasteiger partial charge on any atom is 0.225 e. The van der Waals surface area contributed by atoms with Gasteiger partial charge in [0.1, 0.15) is 5.52 Å². The summed E-state index contributed by atoms with van der Waals surface area (Å²) < 4.78 is 0. The van der Waals surface area contributed by atoms with E-state index in [0.29, 0.717) is 23.4 Å². The molecule has 3 atom stereocenters. The number of nitrogens with zero attached hydrogens (tertiary/aromatic N) is 4. The molecule has 0 aromatic carbocycles. The smallest absolute Gasteiger partial charge is 0.225 e. The number of likely N-dealkylation sites (tertiary alicyclic amines) is 1. The molecule has 1 saturated carbocycles. The Bertz CT molecular complexity index is 682. The van der Waals surface area contributed by atoms with E-state index in [2.05, 4.69) is 27.1 Å². The number of H-pyrrole nitrogens is 1. The van der Waals surface area contributed by atoms with Crippen molar-refractivity contribution in [2.45, 2.75) is 32.1 Å². The molecule has 1 aliphatic heterocycles. The molecule has 2 aromatic rings. The minimum Gasteiger partial charge on any atom is -0.342 e. The van der Waals surface area contributed by atoms with Gasteiger partial charge in [-0.25, -0.2) is 9.97 Å². The van der Waals surface area contributed by atoms with E-state index < -0.39 is 0 Å². The molecule has 1 N–H and O–H groups in total. The lowest BCUT2D eigenvalue weighted by atomic mass is 9.94. The molecule has 1 aliphatic carbocycles. The molecule has 4 rings (SSSR count). The number of fused-ring (bicyclic) bond motifs is 1. The van der Waals surface area contributed by atoms with Crippen molar-refractivity contribution in [2.75, 3.05) is 13.1 Å². The lowest BCUT2D eigenvalue weighted by Gasteiger charge is -2.32. The predicted molar refractivity (Wildman–Crippen MR) is 77.5 cm³/mol. The summed E-state index contributed by atoms with van der Waals surface area (Å²) in [5, 5.41) is 7.30. The summed E-state index contributed by atoms with van der Waals surface area (Å²) in [5.41, 5.74) is 2.53. The maximum absolute atomic E-state index is 12.4. The van der Waals surface area contributed by atoms with Crippen molar-refractivity contribution in [2.24, 2.45) is 11.8 Å². The third kappa shape index (κ3) is 2.18. The molecule has 0 spiro atoms. The largest absolute Gasteiger partial charge is 0.342 e. The SMILES string of the molecule is C[C@@H]1C[C@H]1C(=O)N1CCC[C@@H](c2[nH]nc3nccnc23)C1. The van der Waals surface area contributed by atoms with E-state index in [1.807, 2.05) is 4.90 Å². The predicted octanol–water partition coefficient (Wildman–Crippen LogP) is 1.71. The van der Waals surface area contributed by atoms with Crippen LogP contribution < -0.4 is 0 Å². The number of aromatic amines is 1. The molecule has 2 aliphatic rings. The molecular weight excluding hydrogens is 266 g/mol. The number of rotatable bonds is 2. The van der Waals surface area contributed by atoms with Gasteiger partial charge in [-0.1, -0.05) is 6.92 Å². The molecule has 2 fully saturated rings. The van der Waals surface area contributed by atoms with Gasteiger partial charge in [0.2, 0.25) is 5.91 Å². The fraction of sp³-hybridized carbons (Fsp3) is 0.600. The van der Waals surface area contributed by atoms with Gasteiger partial charge in [0.25, 0.3) is 0 Å². The molecule has 21 heavy (non-hydrogen) atoms. The highest BCUT2D eigenvalue weighted by molar-refractivity contribution is 5.82. The second-order valence-electron chi connectivity index (χ2n) is 6.31. The first-order chi connectivity index (χ1) is 10.2. The van der Waals surface area contributed by atoms with Crippen LogP contribution in [0.15, 0.2) is 12.4 Å². The van der Waals surface area contributed by atoms with Crippen molar-refractivity contribution in [1.29, 1.82) is 0 Å². The Kier molecular flexibility index (Phi) is 2.90. The highest BCUT2D eigenvalue weighted by Gasteiger charge is 2.42. The van der Waals surface area contributed by atoms with Crippen LogP contribution >= 0.6 is 0 Å². The number of nitrogens with one attached hydrogen (secondary N) is 1. The molecule has 110 valence electrons. The number of aromatic nitrogens is 4. The monoisotopic (exact) mass is 285 g/mol. The van der Waals surface area contributed by atoms with Gasteiger partial charge in [-0.15, -0.1) is 0 Å².